The maximum absolute atomic E-state index is 14.0. The van der Waals surface area contributed by atoms with Crippen LogP contribution in [0.5, 0.6) is 5.75 Å². The summed E-state index contributed by atoms with van der Waals surface area (Å²) in [6.07, 6.45) is -4.83. The molecule has 1 heterocycles. The molecule has 0 spiro atoms. The van der Waals surface area contributed by atoms with Crippen LogP contribution >= 0.6 is 0 Å². The molecule has 0 aliphatic heterocycles. The fourth-order valence-corrected chi connectivity index (χ4v) is 3.78. The predicted octanol–water partition coefficient (Wildman–Crippen LogP) is 5.22. The van der Waals surface area contributed by atoms with Crippen LogP contribution in [0.25, 0.3) is 5.69 Å². The van der Waals surface area contributed by atoms with Gasteiger partial charge < -0.3 is 9.84 Å². The smallest absolute Gasteiger partial charge is 0.417 e. The highest BCUT2D eigenvalue weighted by Crippen LogP contribution is 2.45. The standard InChI is InChI=1S/C23H24F4N2O2/c1-21(2,19-13-16(24)9-10-20(19)31-3)15-22(30,23(25,26)27)14-17-11-12-29(28-17)18-7-5-4-6-8-18/h4-13,30H,14-15H2,1-3H3. The van der Waals surface area contributed by atoms with Crippen LogP contribution in [0.15, 0.2) is 60.8 Å². The van der Waals surface area contributed by atoms with E-state index >= 15 is 0 Å². The molecule has 3 aromatic rings. The van der Waals surface area contributed by atoms with Gasteiger partial charge in [0.25, 0.3) is 0 Å². The van der Waals surface area contributed by atoms with Gasteiger partial charge in [-0.3, -0.25) is 0 Å². The van der Waals surface area contributed by atoms with Gasteiger partial charge in [0.05, 0.1) is 18.5 Å². The Hall–Kier alpha value is -2.87. The van der Waals surface area contributed by atoms with Crippen LogP contribution in [0.4, 0.5) is 17.6 Å². The normalized spacial score (nSPS) is 14.3. The van der Waals surface area contributed by atoms with Crippen LogP contribution in [0.1, 0.15) is 31.5 Å². The number of aromatic nitrogens is 2. The molecule has 8 heteroatoms. The van der Waals surface area contributed by atoms with Crippen molar-refractivity contribution in [1.29, 1.82) is 0 Å². The van der Waals surface area contributed by atoms with Crippen molar-refractivity contribution < 1.29 is 27.4 Å². The van der Waals surface area contributed by atoms with E-state index in [2.05, 4.69) is 5.10 Å². The summed E-state index contributed by atoms with van der Waals surface area (Å²) < 4.78 is 62.6. The van der Waals surface area contributed by atoms with Crippen molar-refractivity contribution in [2.24, 2.45) is 0 Å². The topological polar surface area (TPSA) is 47.3 Å². The van der Waals surface area contributed by atoms with Gasteiger partial charge in [0.1, 0.15) is 11.6 Å². The summed E-state index contributed by atoms with van der Waals surface area (Å²) in [5.41, 5.74) is -3.31. The SMILES string of the molecule is COc1ccc(F)cc1C(C)(C)CC(O)(Cc1ccn(-c2ccccc2)n1)C(F)(F)F. The zero-order valence-corrected chi connectivity index (χ0v) is 17.4. The highest BCUT2D eigenvalue weighted by molar-refractivity contribution is 5.40. The van der Waals surface area contributed by atoms with Crippen molar-refractivity contribution in [2.75, 3.05) is 7.11 Å². The quantitative estimate of drug-likeness (QED) is 0.517. The minimum absolute atomic E-state index is 0.0886. The van der Waals surface area contributed by atoms with E-state index < -0.39 is 35.9 Å². The minimum atomic E-state index is -4.93. The molecule has 0 saturated carbocycles. The van der Waals surface area contributed by atoms with Crippen LogP contribution in [0.2, 0.25) is 0 Å². The molecule has 1 unspecified atom stereocenters. The van der Waals surface area contributed by atoms with Crippen LogP contribution in [0, 0.1) is 5.82 Å². The maximum atomic E-state index is 14.0. The summed E-state index contributed by atoms with van der Waals surface area (Å²) in [6.45, 7) is 3.03. The van der Waals surface area contributed by atoms with Crippen LogP contribution in [-0.2, 0) is 11.8 Å². The molecule has 0 radical (unpaired) electrons. The molecule has 0 saturated heterocycles. The van der Waals surface area contributed by atoms with E-state index in [1.54, 1.807) is 30.5 Å². The molecule has 1 atom stereocenters. The summed E-state index contributed by atoms with van der Waals surface area (Å²) >= 11 is 0. The first-order chi connectivity index (χ1) is 14.4. The molecular formula is C23H24F4N2O2. The first-order valence-electron chi connectivity index (χ1n) is 9.68. The molecular weight excluding hydrogens is 412 g/mol. The molecule has 3 rings (SSSR count). The zero-order valence-electron chi connectivity index (χ0n) is 17.4. The number of benzene rings is 2. The molecule has 166 valence electrons. The summed E-state index contributed by atoms with van der Waals surface area (Å²) in [5, 5.41) is 15.0. The van der Waals surface area contributed by atoms with Gasteiger partial charge in [-0.25, -0.2) is 9.07 Å². The van der Waals surface area contributed by atoms with Crippen molar-refractivity contribution >= 4 is 0 Å². The van der Waals surface area contributed by atoms with Crippen LogP contribution < -0.4 is 4.74 Å². The van der Waals surface area contributed by atoms with E-state index in [1.165, 1.54) is 43.8 Å². The fourth-order valence-electron chi connectivity index (χ4n) is 3.78. The zero-order chi connectivity index (χ0) is 22.9. The Morgan fingerprint density at radius 3 is 2.32 bits per heavy atom. The number of para-hydroxylation sites is 1. The second-order valence-corrected chi connectivity index (χ2v) is 8.20. The van der Waals surface area contributed by atoms with Crippen molar-refractivity contribution in [3.05, 3.63) is 77.9 Å². The Bertz CT molecular complexity index is 1030. The average molecular weight is 436 g/mol. The highest BCUT2D eigenvalue weighted by Gasteiger charge is 2.56. The third kappa shape index (κ3) is 4.90. The monoisotopic (exact) mass is 436 g/mol. The van der Waals surface area contributed by atoms with Gasteiger partial charge >= 0.3 is 6.18 Å². The molecule has 1 aromatic heterocycles. The Morgan fingerprint density at radius 2 is 1.71 bits per heavy atom. The predicted molar refractivity (Wildman–Crippen MR) is 109 cm³/mol. The number of rotatable bonds is 7. The lowest BCUT2D eigenvalue weighted by molar-refractivity contribution is -0.266. The largest absolute Gasteiger partial charge is 0.496 e. The molecule has 0 aliphatic rings. The number of aliphatic hydroxyl groups is 1. The lowest BCUT2D eigenvalue weighted by Gasteiger charge is -2.38. The Balaban J connectivity index is 1.93. The highest BCUT2D eigenvalue weighted by atomic mass is 19.4. The van der Waals surface area contributed by atoms with Crippen molar-refractivity contribution in [1.82, 2.24) is 9.78 Å². The molecule has 0 amide bonds. The van der Waals surface area contributed by atoms with Gasteiger partial charge in [0.15, 0.2) is 5.60 Å². The van der Waals surface area contributed by atoms with Gasteiger partial charge in [-0.15, -0.1) is 0 Å². The van der Waals surface area contributed by atoms with E-state index in [4.69, 9.17) is 4.74 Å². The molecule has 4 nitrogen and oxygen atoms in total. The third-order valence-electron chi connectivity index (χ3n) is 5.29. The molecule has 1 N–H and O–H groups in total. The summed E-state index contributed by atoms with van der Waals surface area (Å²) in [4.78, 5) is 0. The number of hydrogen-bond acceptors (Lipinski definition) is 3. The first kappa shape index (κ1) is 22.8. The van der Waals surface area contributed by atoms with Gasteiger partial charge in [-0.2, -0.15) is 18.3 Å². The number of nitrogens with zero attached hydrogens (tertiary/aromatic N) is 2. The first-order valence-corrected chi connectivity index (χ1v) is 9.68. The molecule has 0 bridgehead atoms. The molecule has 2 aromatic carbocycles. The maximum Gasteiger partial charge on any atom is 0.417 e. The van der Waals surface area contributed by atoms with E-state index in [0.717, 1.165) is 6.07 Å². The molecule has 0 aliphatic carbocycles. The Labute approximate surface area is 178 Å². The number of alkyl halides is 3. The van der Waals surface area contributed by atoms with Gasteiger partial charge in [-0.1, -0.05) is 32.0 Å². The Kier molecular flexibility index (Phi) is 6.14. The number of methoxy groups -OCH3 is 1. The third-order valence-corrected chi connectivity index (χ3v) is 5.29. The minimum Gasteiger partial charge on any atom is -0.496 e. The van der Waals surface area contributed by atoms with Gasteiger partial charge in [0, 0.05) is 18.2 Å². The lowest BCUT2D eigenvalue weighted by Crippen LogP contribution is -2.51. The number of halogens is 4. The van der Waals surface area contributed by atoms with Crippen molar-refractivity contribution in [3.63, 3.8) is 0 Å². The summed E-state index contributed by atoms with van der Waals surface area (Å²) in [6, 6.07) is 14.1. The average Bonchev–Trinajstić information content (AvgIpc) is 3.15. The van der Waals surface area contributed by atoms with E-state index in [0.29, 0.717) is 5.69 Å². The Morgan fingerprint density at radius 1 is 1.03 bits per heavy atom. The fraction of sp³-hybridized carbons (Fsp3) is 0.348. The lowest BCUT2D eigenvalue weighted by atomic mass is 9.73. The van der Waals surface area contributed by atoms with E-state index in [9.17, 15) is 22.7 Å². The second-order valence-electron chi connectivity index (χ2n) is 8.20. The summed E-state index contributed by atoms with van der Waals surface area (Å²) in [5.74, 6) is -0.342. The number of hydrogen-bond donors (Lipinski definition) is 1. The van der Waals surface area contributed by atoms with Gasteiger partial charge in [-0.05, 0) is 48.2 Å². The van der Waals surface area contributed by atoms with Crippen molar-refractivity contribution in [2.45, 2.75) is 43.9 Å². The van der Waals surface area contributed by atoms with Crippen LogP contribution in [0.3, 0.4) is 0 Å². The van der Waals surface area contributed by atoms with E-state index in [-0.39, 0.29) is 17.0 Å². The second kappa shape index (κ2) is 8.34. The van der Waals surface area contributed by atoms with Crippen LogP contribution in [-0.4, -0.2) is 33.8 Å². The van der Waals surface area contributed by atoms with Crippen molar-refractivity contribution in [3.8, 4) is 11.4 Å². The van der Waals surface area contributed by atoms with Gasteiger partial charge in [0.2, 0.25) is 0 Å². The molecule has 0 fully saturated rings. The summed E-state index contributed by atoms with van der Waals surface area (Å²) in [7, 11) is 1.36. The number of ether oxygens (including phenoxy) is 1. The molecule has 31 heavy (non-hydrogen) atoms. The van der Waals surface area contributed by atoms with E-state index in [1.807, 2.05) is 6.07 Å².